The highest BCUT2D eigenvalue weighted by molar-refractivity contribution is 6.17. The van der Waals surface area contributed by atoms with Crippen LogP contribution >= 0.6 is 0 Å². The number of halogens is 1. The molecule has 1 aromatic carbocycles. The second-order valence-corrected chi connectivity index (χ2v) is 4.28. The largest absolute Gasteiger partial charge is 0.292 e. The standard InChI is InChI=1S/C13H10FNO2/c14-11-3-1-2-7-8(4-5-9(7)11)10-6-12(16)15-13(10)17/h1-3H,4-6H2,(H,15,16,17)/b10-8-. The zero-order valence-electron chi connectivity index (χ0n) is 9.05. The van der Waals surface area contributed by atoms with E-state index in [4.69, 9.17) is 0 Å². The van der Waals surface area contributed by atoms with E-state index >= 15 is 0 Å². The molecule has 0 unspecified atom stereocenters. The maximum Gasteiger partial charge on any atom is 0.254 e. The van der Waals surface area contributed by atoms with Gasteiger partial charge in [0, 0.05) is 5.57 Å². The molecular formula is C13H10FNO2. The molecule has 0 radical (unpaired) electrons. The average molecular weight is 231 g/mol. The van der Waals surface area contributed by atoms with Crippen molar-refractivity contribution in [3.63, 3.8) is 0 Å². The van der Waals surface area contributed by atoms with Gasteiger partial charge in [-0.15, -0.1) is 0 Å². The van der Waals surface area contributed by atoms with E-state index < -0.39 is 0 Å². The van der Waals surface area contributed by atoms with Gasteiger partial charge in [0.15, 0.2) is 0 Å². The topological polar surface area (TPSA) is 46.2 Å². The maximum absolute atomic E-state index is 13.5. The van der Waals surface area contributed by atoms with E-state index in [1.54, 1.807) is 6.07 Å². The van der Waals surface area contributed by atoms with Crippen LogP contribution in [0.5, 0.6) is 0 Å². The van der Waals surface area contributed by atoms with Gasteiger partial charge in [0.1, 0.15) is 5.82 Å². The number of carbonyl (C=O) groups excluding carboxylic acids is 2. The first kappa shape index (κ1) is 10.2. The van der Waals surface area contributed by atoms with Crippen molar-refractivity contribution in [1.82, 2.24) is 5.32 Å². The van der Waals surface area contributed by atoms with Gasteiger partial charge in [-0.05, 0) is 35.6 Å². The Morgan fingerprint density at radius 3 is 2.65 bits per heavy atom. The van der Waals surface area contributed by atoms with E-state index in [0.29, 0.717) is 24.0 Å². The van der Waals surface area contributed by atoms with Crippen LogP contribution in [0.2, 0.25) is 0 Å². The van der Waals surface area contributed by atoms with Crippen LogP contribution in [0.3, 0.4) is 0 Å². The number of fused-ring (bicyclic) bond motifs is 1. The molecule has 4 heteroatoms. The number of amides is 2. The van der Waals surface area contributed by atoms with E-state index in [9.17, 15) is 14.0 Å². The summed E-state index contributed by atoms with van der Waals surface area (Å²) in [7, 11) is 0. The lowest BCUT2D eigenvalue weighted by Crippen LogP contribution is -2.19. The van der Waals surface area contributed by atoms with Crippen LogP contribution in [-0.2, 0) is 16.0 Å². The van der Waals surface area contributed by atoms with Crippen LogP contribution in [0, 0.1) is 5.82 Å². The van der Waals surface area contributed by atoms with Gasteiger partial charge in [-0.25, -0.2) is 4.39 Å². The van der Waals surface area contributed by atoms with Gasteiger partial charge in [0.05, 0.1) is 6.42 Å². The molecule has 3 rings (SSSR count). The molecule has 0 atom stereocenters. The SMILES string of the molecule is O=C1C/C(=C2\CCc3c(F)cccc32)C(=O)N1. The third-order valence-corrected chi connectivity index (χ3v) is 3.30. The normalized spacial score (nSPS) is 22.9. The highest BCUT2D eigenvalue weighted by atomic mass is 19.1. The highest BCUT2D eigenvalue weighted by Crippen LogP contribution is 2.37. The number of hydrogen-bond donors (Lipinski definition) is 1. The molecule has 1 aliphatic heterocycles. The summed E-state index contributed by atoms with van der Waals surface area (Å²) in [5, 5.41) is 2.26. The number of carbonyl (C=O) groups is 2. The smallest absolute Gasteiger partial charge is 0.254 e. The Morgan fingerprint density at radius 2 is 1.94 bits per heavy atom. The van der Waals surface area contributed by atoms with Gasteiger partial charge in [0.25, 0.3) is 5.91 Å². The van der Waals surface area contributed by atoms with Crippen molar-refractivity contribution in [3.05, 3.63) is 40.7 Å². The average Bonchev–Trinajstić information content (AvgIpc) is 2.83. The van der Waals surface area contributed by atoms with Crippen molar-refractivity contribution in [2.24, 2.45) is 0 Å². The van der Waals surface area contributed by atoms with Crippen LogP contribution in [0.15, 0.2) is 23.8 Å². The summed E-state index contributed by atoms with van der Waals surface area (Å²) in [6.45, 7) is 0. The molecule has 2 amide bonds. The fourth-order valence-electron chi connectivity index (χ4n) is 2.52. The Morgan fingerprint density at radius 1 is 1.12 bits per heavy atom. The van der Waals surface area contributed by atoms with E-state index in [0.717, 1.165) is 11.1 Å². The molecule has 0 spiro atoms. The lowest BCUT2D eigenvalue weighted by Gasteiger charge is -2.03. The predicted octanol–water partition coefficient (Wildman–Crippen LogP) is 1.57. The second-order valence-electron chi connectivity index (χ2n) is 4.28. The molecule has 3 nitrogen and oxygen atoms in total. The minimum atomic E-state index is -0.331. The number of imide groups is 1. The second kappa shape index (κ2) is 3.52. The zero-order valence-corrected chi connectivity index (χ0v) is 9.05. The molecule has 1 aromatic rings. The van der Waals surface area contributed by atoms with Crippen LogP contribution in [0.25, 0.3) is 5.57 Å². The summed E-state index contributed by atoms with van der Waals surface area (Å²) in [5.41, 5.74) is 2.76. The third kappa shape index (κ3) is 1.48. The van der Waals surface area contributed by atoms with Crippen molar-refractivity contribution in [3.8, 4) is 0 Å². The molecule has 2 aliphatic rings. The predicted molar refractivity (Wildman–Crippen MR) is 59.4 cm³/mol. The lowest BCUT2D eigenvalue weighted by atomic mass is 10.0. The summed E-state index contributed by atoms with van der Waals surface area (Å²) < 4.78 is 13.5. The summed E-state index contributed by atoms with van der Waals surface area (Å²) in [6.07, 6.45) is 1.35. The summed E-state index contributed by atoms with van der Waals surface area (Å²) in [5.74, 6) is -0.840. The zero-order chi connectivity index (χ0) is 12.0. The molecule has 0 aromatic heterocycles. The Hall–Kier alpha value is -1.97. The van der Waals surface area contributed by atoms with Gasteiger partial charge in [0.2, 0.25) is 5.91 Å². The van der Waals surface area contributed by atoms with E-state index in [-0.39, 0.29) is 24.1 Å². The van der Waals surface area contributed by atoms with Crippen LogP contribution in [0.1, 0.15) is 24.0 Å². The summed E-state index contributed by atoms with van der Waals surface area (Å²) >= 11 is 0. The van der Waals surface area contributed by atoms with Crippen molar-refractivity contribution in [2.45, 2.75) is 19.3 Å². The van der Waals surface area contributed by atoms with Gasteiger partial charge >= 0.3 is 0 Å². The fraction of sp³-hybridized carbons (Fsp3) is 0.231. The minimum absolute atomic E-state index is 0.115. The number of nitrogens with one attached hydrogen (secondary N) is 1. The monoisotopic (exact) mass is 231 g/mol. The number of allylic oxidation sites excluding steroid dienone is 1. The van der Waals surface area contributed by atoms with Crippen LogP contribution in [0.4, 0.5) is 4.39 Å². The first-order valence-electron chi connectivity index (χ1n) is 5.51. The van der Waals surface area contributed by atoms with Gasteiger partial charge < -0.3 is 0 Å². The quantitative estimate of drug-likeness (QED) is 0.544. The van der Waals surface area contributed by atoms with Crippen molar-refractivity contribution >= 4 is 17.4 Å². The Kier molecular flexibility index (Phi) is 2.11. The highest BCUT2D eigenvalue weighted by Gasteiger charge is 2.31. The van der Waals surface area contributed by atoms with Gasteiger partial charge in [-0.2, -0.15) is 0 Å². The van der Waals surface area contributed by atoms with E-state index in [2.05, 4.69) is 5.32 Å². The summed E-state index contributed by atoms with van der Waals surface area (Å²) in [6, 6.07) is 4.87. The molecule has 17 heavy (non-hydrogen) atoms. The first-order chi connectivity index (χ1) is 8.16. The third-order valence-electron chi connectivity index (χ3n) is 3.30. The molecule has 1 aliphatic carbocycles. The summed E-state index contributed by atoms with van der Waals surface area (Å²) in [4.78, 5) is 22.7. The molecule has 0 saturated carbocycles. The molecule has 1 heterocycles. The minimum Gasteiger partial charge on any atom is -0.292 e. The van der Waals surface area contributed by atoms with Crippen molar-refractivity contribution < 1.29 is 14.0 Å². The molecule has 1 saturated heterocycles. The molecular weight excluding hydrogens is 221 g/mol. The van der Waals surface area contributed by atoms with E-state index in [1.165, 1.54) is 6.07 Å². The molecule has 86 valence electrons. The number of benzene rings is 1. The van der Waals surface area contributed by atoms with Crippen molar-refractivity contribution in [2.75, 3.05) is 0 Å². The molecule has 1 N–H and O–H groups in total. The lowest BCUT2D eigenvalue weighted by molar-refractivity contribution is -0.124. The maximum atomic E-state index is 13.5. The number of hydrogen-bond acceptors (Lipinski definition) is 2. The fourth-order valence-corrected chi connectivity index (χ4v) is 2.52. The Balaban J connectivity index is 2.16. The van der Waals surface area contributed by atoms with Crippen LogP contribution in [-0.4, -0.2) is 11.8 Å². The van der Waals surface area contributed by atoms with Gasteiger partial charge in [-0.1, -0.05) is 12.1 Å². The first-order valence-corrected chi connectivity index (χ1v) is 5.51. The van der Waals surface area contributed by atoms with E-state index in [1.807, 2.05) is 6.07 Å². The molecule has 1 fully saturated rings. The van der Waals surface area contributed by atoms with Gasteiger partial charge in [-0.3, -0.25) is 14.9 Å². The van der Waals surface area contributed by atoms with Crippen LogP contribution < -0.4 is 5.32 Å². The Bertz CT molecular complexity index is 575. The molecule has 0 bridgehead atoms. The number of rotatable bonds is 0. The Labute approximate surface area is 97.3 Å². The van der Waals surface area contributed by atoms with Crippen molar-refractivity contribution in [1.29, 1.82) is 0 Å².